The summed E-state index contributed by atoms with van der Waals surface area (Å²) in [5.41, 5.74) is 2.35. The Morgan fingerprint density at radius 2 is 1.81 bits per heavy atom. The molecule has 26 heavy (non-hydrogen) atoms. The number of rotatable bonds is 7. The second kappa shape index (κ2) is 10.3. The average molecular weight is 380 g/mol. The third kappa shape index (κ3) is 5.53. The fourth-order valence-corrected chi connectivity index (χ4v) is 2.71. The number of benzene rings is 2. The molecule has 1 aliphatic rings. The molecular weight excluding hydrogens is 354 g/mol. The number of hydrogen-bond acceptors (Lipinski definition) is 5. The van der Waals surface area contributed by atoms with Crippen LogP contribution >= 0.6 is 12.4 Å². The summed E-state index contributed by atoms with van der Waals surface area (Å²) in [7, 11) is 0. The summed E-state index contributed by atoms with van der Waals surface area (Å²) in [6.45, 7) is 4.64. The Balaban J connectivity index is 0.00000243. The number of aliphatic hydroxyl groups excluding tert-OH is 1. The van der Waals surface area contributed by atoms with Crippen LogP contribution in [-0.2, 0) is 6.54 Å². The van der Waals surface area contributed by atoms with Gasteiger partial charge in [0.05, 0.1) is 19.8 Å². The summed E-state index contributed by atoms with van der Waals surface area (Å²) in [6, 6.07) is 14.2. The molecule has 0 bridgehead atoms. The van der Waals surface area contributed by atoms with E-state index in [0.29, 0.717) is 19.8 Å². The molecular formula is C20H26ClNO4. The molecule has 0 aliphatic carbocycles. The lowest BCUT2D eigenvalue weighted by atomic mass is 10.1. The summed E-state index contributed by atoms with van der Waals surface area (Å²) in [4.78, 5) is 0. The van der Waals surface area contributed by atoms with Crippen molar-refractivity contribution in [2.75, 3.05) is 26.4 Å². The first-order valence-electron chi connectivity index (χ1n) is 8.72. The maximum atomic E-state index is 8.77. The molecule has 2 aromatic carbocycles. The van der Waals surface area contributed by atoms with Gasteiger partial charge in [0, 0.05) is 19.0 Å². The van der Waals surface area contributed by atoms with Gasteiger partial charge in [0.1, 0.15) is 12.4 Å². The van der Waals surface area contributed by atoms with Gasteiger partial charge in [-0.25, -0.2) is 0 Å². The fraction of sp³-hybridized carbons (Fsp3) is 0.400. The Morgan fingerprint density at radius 1 is 1.08 bits per heavy atom. The predicted octanol–water partition coefficient (Wildman–Crippen LogP) is 3.49. The predicted molar refractivity (Wildman–Crippen MR) is 104 cm³/mol. The summed E-state index contributed by atoms with van der Waals surface area (Å²) >= 11 is 0. The molecule has 2 aromatic rings. The number of aliphatic hydroxyl groups is 1. The summed E-state index contributed by atoms with van der Waals surface area (Å²) < 4.78 is 16.8. The van der Waals surface area contributed by atoms with Crippen molar-refractivity contribution in [3.05, 3.63) is 53.6 Å². The van der Waals surface area contributed by atoms with Gasteiger partial charge in [-0.1, -0.05) is 18.2 Å². The molecule has 0 amide bonds. The highest BCUT2D eigenvalue weighted by atomic mass is 35.5. The molecule has 5 nitrogen and oxygen atoms in total. The van der Waals surface area contributed by atoms with Crippen molar-refractivity contribution >= 4 is 12.4 Å². The van der Waals surface area contributed by atoms with Crippen LogP contribution < -0.4 is 19.5 Å². The maximum Gasteiger partial charge on any atom is 0.161 e. The smallest absolute Gasteiger partial charge is 0.161 e. The fourth-order valence-electron chi connectivity index (χ4n) is 2.71. The van der Waals surface area contributed by atoms with E-state index in [0.717, 1.165) is 30.2 Å². The molecule has 1 unspecified atom stereocenters. The summed E-state index contributed by atoms with van der Waals surface area (Å²) in [5.74, 6) is 2.43. The van der Waals surface area contributed by atoms with Crippen LogP contribution in [0, 0.1) is 0 Å². The van der Waals surface area contributed by atoms with Crippen LogP contribution in [0.25, 0.3) is 0 Å². The van der Waals surface area contributed by atoms with Gasteiger partial charge in [-0.2, -0.15) is 0 Å². The van der Waals surface area contributed by atoms with Gasteiger partial charge in [0.15, 0.2) is 11.5 Å². The van der Waals surface area contributed by atoms with Gasteiger partial charge in [-0.15, -0.1) is 12.4 Å². The van der Waals surface area contributed by atoms with Gasteiger partial charge in [-0.3, -0.25) is 0 Å². The third-order valence-electron chi connectivity index (χ3n) is 4.17. The number of fused-ring (bicyclic) bond motifs is 1. The van der Waals surface area contributed by atoms with E-state index in [1.807, 2.05) is 30.3 Å². The van der Waals surface area contributed by atoms with Crippen molar-refractivity contribution in [2.24, 2.45) is 0 Å². The molecule has 1 heterocycles. The molecule has 2 N–H and O–H groups in total. The van der Waals surface area contributed by atoms with Crippen LogP contribution in [-0.4, -0.2) is 31.5 Å². The molecule has 0 aromatic heterocycles. The number of ether oxygens (including phenoxy) is 3. The van der Waals surface area contributed by atoms with Crippen molar-refractivity contribution in [2.45, 2.75) is 25.9 Å². The highest BCUT2D eigenvalue weighted by Gasteiger charge is 2.13. The first-order valence-corrected chi connectivity index (χ1v) is 8.72. The van der Waals surface area contributed by atoms with Crippen molar-refractivity contribution in [1.82, 2.24) is 5.32 Å². The Bertz CT molecular complexity index is 678. The second-order valence-electron chi connectivity index (χ2n) is 6.08. The van der Waals surface area contributed by atoms with E-state index in [1.54, 1.807) is 0 Å². The lowest BCUT2D eigenvalue weighted by molar-refractivity contribution is 0.201. The van der Waals surface area contributed by atoms with Gasteiger partial charge >= 0.3 is 0 Å². The van der Waals surface area contributed by atoms with E-state index < -0.39 is 0 Å². The van der Waals surface area contributed by atoms with Crippen molar-refractivity contribution in [1.29, 1.82) is 0 Å². The molecule has 142 valence electrons. The minimum atomic E-state index is 0. The Morgan fingerprint density at radius 3 is 2.54 bits per heavy atom. The van der Waals surface area contributed by atoms with E-state index >= 15 is 0 Å². The van der Waals surface area contributed by atoms with Gasteiger partial charge in [0.2, 0.25) is 0 Å². The maximum absolute atomic E-state index is 8.77. The molecule has 0 spiro atoms. The molecule has 3 rings (SSSR count). The van der Waals surface area contributed by atoms with Crippen molar-refractivity contribution in [3.63, 3.8) is 0 Å². The first-order chi connectivity index (χ1) is 12.3. The summed E-state index contributed by atoms with van der Waals surface area (Å²) in [6.07, 6.45) is 0.913. The zero-order valence-electron chi connectivity index (χ0n) is 14.9. The zero-order chi connectivity index (χ0) is 17.5. The van der Waals surface area contributed by atoms with E-state index in [4.69, 9.17) is 19.3 Å². The SMILES string of the molecule is CC(NCc1ccc(OCCO)cc1)c1ccc2c(c1)OCCCO2.Cl. The first kappa shape index (κ1) is 20.4. The number of nitrogens with one attached hydrogen (secondary N) is 1. The molecule has 1 aliphatic heterocycles. The van der Waals surface area contributed by atoms with Crippen LogP contribution in [0.3, 0.4) is 0 Å². The van der Waals surface area contributed by atoms with Crippen LogP contribution in [0.15, 0.2) is 42.5 Å². The highest BCUT2D eigenvalue weighted by Crippen LogP contribution is 2.32. The van der Waals surface area contributed by atoms with Crippen LogP contribution in [0.4, 0.5) is 0 Å². The quantitative estimate of drug-likeness (QED) is 0.771. The highest BCUT2D eigenvalue weighted by molar-refractivity contribution is 5.85. The molecule has 0 radical (unpaired) electrons. The average Bonchev–Trinajstić information content (AvgIpc) is 2.90. The second-order valence-corrected chi connectivity index (χ2v) is 6.08. The molecule has 0 fully saturated rings. The number of halogens is 1. The van der Waals surface area contributed by atoms with E-state index in [9.17, 15) is 0 Å². The van der Waals surface area contributed by atoms with Crippen molar-refractivity contribution < 1.29 is 19.3 Å². The normalized spacial score (nSPS) is 14.1. The largest absolute Gasteiger partial charge is 0.491 e. The lowest BCUT2D eigenvalue weighted by Crippen LogP contribution is -2.18. The van der Waals surface area contributed by atoms with E-state index in [2.05, 4.69) is 24.4 Å². The molecule has 0 saturated heterocycles. The third-order valence-corrected chi connectivity index (χ3v) is 4.17. The Hall–Kier alpha value is -1.95. The Kier molecular flexibility index (Phi) is 8.04. The van der Waals surface area contributed by atoms with Crippen LogP contribution in [0.5, 0.6) is 17.2 Å². The van der Waals surface area contributed by atoms with Crippen molar-refractivity contribution in [3.8, 4) is 17.2 Å². The summed E-state index contributed by atoms with van der Waals surface area (Å²) in [5, 5.41) is 12.3. The monoisotopic (exact) mass is 379 g/mol. The van der Waals surface area contributed by atoms with Gasteiger partial charge in [0.25, 0.3) is 0 Å². The molecule has 1 atom stereocenters. The topological polar surface area (TPSA) is 60.0 Å². The van der Waals surface area contributed by atoms with Crippen LogP contribution in [0.1, 0.15) is 30.5 Å². The minimum Gasteiger partial charge on any atom is -0.491 e. The van der Waals surface area contributed by atoms with E-state index in [1.165, 1.54) is 11.1 Å². The Labute approximate surface area is 160 Å². The standard InChI is InChI=1S/C20H25NO4.ClH/c1-15(17-5-8-19-20(13-17)25-11-2-10-24-19)21-14-16-3-6-18(7-4-16)23-12-9-22;/h3-8,13,15,21-22H,2,9-12,14H2,1H3;1H. The minimum absolute atomic E-state index is 0. The van der Waals surface area contributed by atoms with E-state index in [-0.39, 0.29) is 25.1 Å². The molecule has 0 saturated carbocycles. The zero-order valence-corrected chi connectivity index (χ0v) is 15.8. The number of hydrogen-bond donors (Lipinski definition) is 2. The lowest BCUT2D eigenvalue weighted by Gasteiger charge is -2.16. The van der Waals surface area contributed by atoms with Crippen LogP contribution in [0.2, 0.25) is 0 Å². The van der Waals surface area contributed by atoms with Gasteiger partial charge in [-0.05, 0) is 42.3 Å². The van der Waals surface area contributed by atoms with Gasteiger partial charge < -0.3 is 24.6 Å². The molecule has 6 heteroatoms.